The second-order valence-corrected chi connectivity index (χ2v) is 25.6. The molecular formula is C74H139NO10. The molecule has 6 N–H and O–H groups in total. The average molecular weight is 1200 g/mol. The highest BCUT2D eigenvalue weighted by molar-refractivity contribution is 5.76. The van der Waals surface area contributed by atoms with Gasteiger partial charge in [0.1, 0.15) is 24.4 Å². The number of aliphatic hydroxyl groups is 5. The fraction of sp³-hybridized carbons (Fsp3) is 0.892. The Hall–Kier alpha value is -2.12. The van der Waals surface area contributed by atoms with Gasteiger partial charge in [-0.15, -0.1) is 0 Å². The maximum atomic E-state index is 13.1. The molecule has 1 heterocycles. The highest BCUT2D eigenvalue weighted by Crippen LogP contribution is 2.23. The minimum absolute atomic E-state index is 0.00960. The van der Waals surface area contributed by atoms with Gasteiger partial charge in [0.05, 0.1) is 32.0 Å². The number of hydrogen-bond acceptors (Lipinski definition) is 10. The standard InChI is InChI=1S/C74H139NO10/c1-3-5-7-9-11-13-15-16-34-37-41-44-48-52-56-60-67(77)66(65-84-74-73(82)72(81)71(80)68(64-76)85-74)75-69(78)61-57-53-49-45-42-38-35-32-30-28-26-24-22-20-18-17-19-21-23-25-27-29-31-33-36-39-43-47-51-55-59-63-83-70(79)62-58-54-50-46-40-14-12-10-8-6-4-2/h19,21,41,44,56,60,66-68,71-74,76-77,80-82H,3-18,20,22-40,42-43,45-55,57-59,61-65H2,1-2H3,(H,75,78)/b21-19-,44-41+,60-56+. The van der Waals surface area contributed by atoms with E-state index >= 15 is 0 Å². The molecule has 0 aliphatic carbocycles. The van der Waals surface area contributed by atoms with Crippen LogP contribution in [0.25, 0.3) is 0 Å². The van der Waals surface area contributed by atoms with E-state index in [2.05, 4.69) is 43.5 Å². The summed E-state index contributed by atoms with van der Waals surface area (Å²) in [6, 6.07) is -0.826. The van der Waals surface area contributed by atoms with Crippen molar-refractivity contribution in [2.24, 2.45) is 0 Å². The smallest absolute Gasteiger partial charge is 0.305 e. The van der Waals surface area contributed by atoms with Gasteiger partial charge in [0.15, 0.2) is 6.29 Å². The highest BCUT2D eigenvalue weighted by Gasteiger charge is 2.44. The van der Waals surface area contributed by atoms with Crippen LogP contribution < -0.4 is 5.32 Å². The number of allylic oxidation sites excluding steroid dienone is 5. The lowest BCUT2D eigenvalue weighted by Gasteiger charge is -2.40. The van der Waals surface area contributed by atoms with Gasteiger partial charge in [-0.05, 0) is 70.6 Å². The molecule has 1 rings (SSSR count). The zero-order chi connectivity index (χ0) is 61.6. The third kappa shape index (κ3) is 52.4. The van der Waals surface area contributed by atoms with Crippen LogP contribution in [-0.4, -0.2) is 100 Å². The molecular weight excluding hydrogens is 1060 g/mol. The van der Waals surface area contributed by atoms with Crippen LogP contribution in [0.5, 0.6) is 0 Å². The Morgan fingerprint density at radius 2 is 0.765 bits per heavy atom. The van der Waals surface area contributed by atoms with Crippen LogP contribution in [0, 0.1) is 0 Å². The van der Waals surface area contributed by atoms with Crippen molar-refractivity contribution in [3.8, 4) is 0 Å². The largest absolute Gasteiger partial charge is 0.466 e. The molecule has 1 fully saturated rings. The zero-order valence-corrected chi connectivity index (χ0v) is 55.6. The van der Waals surface area contributed by atoms with Gasteiger partial charge in [0.2, 0.25) is 5.91 Å². The topological polar surface area (TPSA) is 175 Å². The molecule has 0 aromatic carbocycles. The summed E-state index contributed by atoms with van der Waals surface area (Å²) in [5.74, 6) is -0.178. The molecule has 0 aromatic rings. The third-order valence-corrected chi connectivity index (χ3v) is 17.5. The van der Waals surface area contributed by atoms with Gasteiger partial charge in [0.25, 0.3) is 0 Å². The van der Waals surface area contributed by atoms with E-state index < -0.39 is 49.5 Å². The number of hydrogen-bond donors (Lipinski definition) is 6. The lowest BCUT2D eigenvalue weighted by atomic mass is 9.99. The monoisotopic (exact) mass is 1200 g/mol. The minimum atomic E-state index is -1.58. The molecule has 1 aliphatic heterocycles. The van der Waals surface area contributed by atoms with Gasteiger partial charge >= 0.3 is 5.97 Å². The van der Waals surface area contributed by atoms with Crippen LogP contribution in [0.1, 0.15) is 361 Å². The van der Waals surface area contributed by atoms with Gasteiger partial charge in [-0.25, -0.2) is 0 Å². The van der Waals surface area contributed by atoms with E-state index in [1.165, 1.54) is 283 Å². The molecule has 7 atom stereocenters. The molecule has 0 saturated carbocycles. The zero-order valence-electron chi connectivity index (χ0n) is 55.6. The molecule has 1 amide bonds. The Balaban J connectivity index is 1.99. The van der Waals surface area contributed by atoms with E-state index in [9.17, 15) is 35.1 Å². The summed E-state index contributed by atoms with van der Waals surface area (Å²) in [5.41, 5.74) is 0. The molecule has 1 aliphatic rings. The first kappa shape index (κ1) is 80.9. The quantitative estimate of drug-likeness (QED) is 0.0195. The van der Waals surface area contributed by atoms with Crippen molar-refractivity contribution in [3.63, 3.8) is 0 Å². The van der Waals surface area contributed by atoms with Crippen LogP contribution in [0.2, 0.25) is 0 Å². The lowest BCUT2D eigenvalue weighted by molar-refractivity contribution is -0.302. The SMILES string of the molecule is CCCCCCCCCCC/C=C/CC/C=C/C(O)C(COC1OC(CO)C(O)C(O)C1O)NC(=O)CCCCCCCCCCCCCCCCC/C=C\CCCCCCCCCCCCCCOC(=O)CCCCCCCCCCCCC. The first-order valence-corrected chi connectivity index (χ1v) is 36.8. The summed E-state index contributed by atoms with van der Waals surface area (Å²) in [7, 11) is 0. The molecule has 0 bridgehead atoms. The number of carbonyl (C=O) groups is 2. The number of carbonyl (C=O) groups excluding carboxylic acids is 2. The van der Waals surface area contributed by atoms with Crippen molar-refractivity contribution in [3.05, 3.63) is 36.5 Å². The van der Waals surface area contributed by atoms with E-state index in [4.69, 9.17) is 14.2 Å². The van der Waals surface area contributed by atoms with E-state index in [1.54, 1.807) is 6.08 Å². The van der Waals surface area contributed by atoms with E-state index in [0.29, 0.717) is 19.4 Å². The Bertz CT molecular complexity index is 1510. The minimum Gasteiger partial charge on any atom is -0.466 e. The molecule has 85 heavy (non-hydrogen) atoms. The van der Waals surface area contributed by atoms with Crippen LogP contribution in [0.3, 0.4) is 0 Å². The molecule has 500 valence electrons. The van der Waals surface area contributed by atoms with Crippen molar-refractivity contribution in [2.45, 2.75) is 403 Å². The molecule has 0 aromatic heterocycles. The van der Waals surface area contributed by atoms with Crippen LogP contribution in [0.15, 0.2) is 36.5 Å². The van der Waals surface area contributed by atoms with Crippen molar-refractivity contribution in [1.82, 2.24) is 5.32 Å². The summed E-state index contributed by atoms with van der Waals surface area (Å²) in [6.07, 6.45) is 71.4. The van der Waals surface area contributed by atoms with Gasteiger partial charge < -0.3 is 45.1 Å². The van der Waals surface area contributed by atoms with E-state index in [1.807, 2.05) is 6.08 Å². The van der Waals surface area contributed by atoms with Crippen molar-refractivity contribution in [1.29, 1.82) is 0 Å². The molecule has 11 nitrogen and oxygen atoms in total. The van der Waals surface area contributed by atoms with Crippen LogP contribution in [0.4, 0.5) is 0 Å². The Morgan fingerprint density at radius 3 is 1.16 bits per heavy atom. The Morgan fingerprint density at radius 1 is 0.424 bits per heavy atom. The third-order valence-electron chi connectivity index (χ3n) is 17.5. The summed E-state index contributed by atoms with van der Waals surface area (Å²) >= 11 is 0. The second-order valence-electron chi connectivity index (χ2n) is 25.6. The fourth-order valence-electron chi connectivity index (χ4n) is 11.7. The molecule has 1 saturated heterocycles. The van der Waals surface area contributed by atoms with Crippen molar-refractivity contribution < 1.29 is 49.3 Å². The fourth-order valence-corrected chi connectivity index (χ4v) is 11.7. The number of ether oxygens (including phenoxy) is 3. The average Bonchev–Trinajstić information content (AvgIpc) is 3.40. The highest BCUT2D eigenvalue weighted by atomic mass is 16.7. The second kappa shape index (κ2) is 63.4. The Labute approximate surface area is 523 Å². The summed E-state index contributed by atoms with van der Waals surface area (Å²) in [6.45, 7) is 4.36. The summed E-state index contributed by atoms with van der Waals surface area (Å²) in [4.78, 5) is 25.1. The van der Waals surface area contributed by atoms with Crippen LogP contribution in [-0.2, 0) is 23.8 Å². The summed E-state index contributed by atoms with van der Waals surface area (Å²) < 4.78 is 16.7. The number of amides is 1. The predicted molar refractivity (Wildman–Crippen MR) is 357 cm³/mol. The maximum absolute atomic E-state index is 13.1. The number of unbranched alkanes of at least 4 members (excludes halogenated alkanes) is 47. The van der Waals surface area contributed by atoms with Gasteiger partial charge in [-0.3, -0.25) is 9.59 Å². The number of esters is 1. The van der Waals surface area contributed by atoms with Crippen LogP contribution >= 0.6 is 0 Å². The maximum Gasteiger partial charge on any atom is 0.305 e. The van der Waals surface area contributed by atoms with Gasteiger partial charge in [0, 0.05) is 12.8 Å². The van der Waals surface area contributed by atoms with Gasteiger partial charge in [-0.1, -0.05) is 314 Å². The lowest BCUT2D eigenvalue weighted by Crippen LogP contribution is -2.60. The molecule has 11 heteroatoms. The van der Waals surface area contributed by atoms with Crippen molar-refractivity contribution >= 4 is 11.9 Å². The van der Waals surface area contributed by atoms with Crippen molar-refractivity contribution in [2.75, 3.05) is 19.8 Å². The summed E-state index contributed by atoms with van der Waals surface area (Å²) in [5, 5.41) is 54.6. The first-order valence-electron chi connectivity index (χ1n) is 36.8. The first-order chi connectivity index (χ1) is 41.7. The predicted octanol–water partition coefficient (Wildman–Crippen LogP) is 19.0. The normalized spacial score (nSPS) is 18.1. The molecule has 0 radical (unpaired) electrons. The van der Waals surface area contributed by atoms with Gasteiger partial charge in [-0.2, -0.15) is 0 Å². The van der Waals surface area contributed by atoms with E-state index in [0.717, 1.165) is 51.4 Å². The number of nitrogens with one attached hydrogen (secondary N) is 1. The number of rotatable bonds is 65. The molecule has 7 unspecified atom stereocenters. The Kier molecular flexibility index (Phi) is 60.4. The van der Waals surface area contributed by atoms with E-state index in [-0.39, 0.29) is 18.5 Å². The number of aliphatic hydroxyl groups excluding tert-OH is 5. The molecule has 0 spiro atoms.